The standard InChI is InChI=1S/C32H40ClN3O4/c1-30(2,3)40-29(38)36-16-14-21(15-17-36)20-8-11-23(12-9-20)35-27(37)26-31(4,5)28(32(26,6)7)39-24-13-10-22(19-34)25(33)18-24/h8-13,18,21,26,28H,14-17H2,1-7H3,(H,35,37). The summed E-state index contributed by atoms with van der Waals surface area (Å²) in [6.07, 6.45) is 1.29. The number of carbonyl (C=O) groups excluding carboxylic acids is 2. The first-order chi connectivity index (χ1) is 18.6. The fourth-order valence-corrected chi connectivity index (χ4v) is 6.89. The maximum atomic E-state index is 13.5. The van der Waals surface area contributed by atoms with Crippen molar-refractivity contribution >= 4 is 29.3 Å². The van der Waals surface area contributed by atoms with Gasteiger partial charge in [0.1, 0.15) is 23.5 Å². The number of nitriles is 1. The molecule has 0 aromatic heterocycles. The van der Waals surface area contributed by atoms with Gasteiger partial charge in [0.15, 0.2) is 0 Å². The number of anilines is 1. The van der Waals surface area contributed by atoms with Crippen molar-refractivity contribution in [3.8, 4) is 11.8 Å². The molecule has 0 atom stereocenters. The highest BCUT2D eigenvalue weighted by molar-refractivity contribution is 6.31. The number of halogens is 1. The van der Waals surface area contributed by atoms with E-state index >= 15 is 0 Å². The van der Waals surface area contributed by atoms with Gasteiger partial charge in [-0.05, 0) is 69.4 Å². The van der Waals surface area contributed by atoms with E-state index < -0.39 is 16.4 Å². The van der Waals surface area contributed by atoms with E-state index in [0.29, 0.717) is 35.3 Å². The Morgan fingerprint density at radius 2 is 1.62 bits per heavy atom. The molecule has 1 heterocycles. The third kappa shape index (κ3) is 6.07. The molecule has 1 N–H and O–H groups in total. The van der Waals surface area contributed by atoms with Gasteiger partial charge in [0.05, 0.1) is 16.5 Å². The lowest BCUT2D eigenvalue weighted by Gasteiger charge is -2.62. The number of nitrogens with one attached hydrogen (secondary N) is 1. The van der Waals surface area contributed by atoms with Crippen LogP contribution in [0.1, 0.15) is 78.4 Å². The molecule has 1 saturated carbocycles. The van der Waals surface area contributed by atoms with Crippen LogP contribution in [-0.4, -0.2) is 41.7 Å². The number of ether oxygens (including phenoxy) is 2. The minimum atomic E-state index is -0.495. The van der Waals surface area contributed by atoms with Crippen molar-refractivity contribution < 1.29 is 19.1 Å². The molecule has 1 aliphatic carbocycles. The summed E-state index contributed by atoms with van der Waals surface area (Å²) in [5.41, 5.74) is 1.03. The summed E-state index contributed by atoms with van der Waals surface area (Å²) in [6, 6.07) is 15.2. The molecule has 2 amide bonds. The summed E-state index contributed by atoms with van der Waals surface area (Å²) >= 11 is 6.20. The Labute approximate surface area is 242 Å². The van der Waals surface area contributed by atoms with Crippen molar-refractivity contribution in [1.29, 1.82) is 5.26 Å². The maximum absolute atomic E-state index is 13.5. The normalized spacial score (nSPS) is 22.0. The molecule has 40 heavy (non-hydrogen) atoms. The lowest BCUT2D eigenvalue weighted by atomic mass is 9.45. The van der Waals surface area contributed by atoms with Crippen molar-refractivity contribution in [3.63, 3.8) is 0 Å². The molecular formula is C32H40ClN3O4. The van der Waals surface area contributed by atoms with E-state index in [9.17, 15) is 9.59 Å². The molecule has 0 spiro atoms. The molecule has 2 aromatic carbocycles. The molecule has 7 nitrogen and oxygen atoms in total. The lowest BCUT2D eigenvalue weighted by molar-refractivity contribution is -0.198. The predicted octanol–water partition coefficient (Wildman–Crippen LogP) is 7.39. The Morgan fingerprint density at radius 3 is 2.15 bits per heavy atom. The molecule has 0 unspecified atom stereocenters. The quantitative estimate of drug-likeness (QED) is 0.408. The fourth-order valence-electron chi connectivity index (χ4n) is 6.67. The van der Waals surface area contributed by atoms with Gasteiger partial charge in [-0.15, -0.1) is 0 Å². The largest absolute Gasteiger partial charge is 0.489 e. The van der Waals surface area contributed by atoms with Crippen LogP contribution in [0.3, 0.4) is 0 Å². The average molecular weight is 566 g/mol. The van der Waals surface area contributed by atoms with E-state index in [-0.39, 0.29) is 24.0 Å². The first-order valence-corrected chi connectivity index (χ1v) is 14.3. The van der Waals surface area contributed by atoms with E-state index in [4.69, 9.17) is 26.3 Å². The van der Waals surface area contributed by atoms with E-state index in [1.165, 1.54) is 5.56 Å². The first-order valence-electron chi connectivity index (χ1n) is 13.9. The number of benzene rings is 2. The summed E-state index contributed by atoms with van der Waals surface area (Å²) < 4.78 is 11.8. The Hall–Kier alpha value is -3.24. The zero-order valence-corrected chi connectivity index (χ0v) is 25.3. The zero-order valence-electron chi connectivity index (χ0n) is 24.5. The molecule has 1 aliphatic heterocycles. The Kier molecular flexibility index (Phi) is 8.15. The average Bonchev–Trinajstić information content (AvgIpc) is 2.86. The zero-order chi connectivity index (χ0) is 29.5. The Bertz CT molecular complexity index is 1280. The second-order valence-corrected chi connectivity index (χ2v) is 13.6. The van der Waals surface area contributed by atoms with E-state index in [0.717, 1.165) is 18.5 Å². The molecule has 0 radical (unpaired) electrons. The van der Waals surface area contributed by atoms with Crippen molar-refractivity contribution in [1.82, 2.24) is 4.90 Å². The van der Waals surface area contributed by atoms with Crippen LogP contribution >= 0.6 is 11.6 Å². The number of hydrogen-bond acceptors (Lipinski definition) is 5. The third-order valence-electron chi connectivity index (χ3n) is 8.21. The van der Waals surface area contributed by atoms with Gasteiger partial charge < -0.3 is 19.7 Å². The summed E-state index contributed by atoms with van der Waals surface area (Å²) in [5.74, 6) is 0.643. The molecule has 214 valence electrons. The van der Waals surface area contributed by atoms with Crippen LogP contribution in [0.15, 0.2) is 42.5 Å². The van der Waals surface area contributed by atoms with Gasteiger partial charge >= 0.3 is 6.09 Å². The summed E-state index contributed by atoms with van der Waals surface area (Å²) in [5, 5.41) is 12.6. The van der Waals surface area contributed by atoms with Crippen molar-refractivity contribution in [2.24, 2.45) is 16.7 Å². The smallest absolute Gasteiger partial charge is 0.410 e. The minimum Gasteiger partial charge on any atom is -0.489 e. The van der Waals surface area contributed by atoms with Crippen LogP contribution in [0.25, 0.3) is 0 Å². The molecule has 4 rings (SSSR count). The summed E-state index contributed by atoms with van der Waals surface area (Å²) in [7, 11) is 0. The molecule has 2 aromatic rings. The van der Waals surface area contributed by atoms with Gasteiger partial charge in [-0.25, -0.2) is 4.79 Å². The fraction of sp³-hybridized carbons (Fsp3) is 0.531. The highest BCUT2D eigenvalue weighted by atomic mass is 35.5. The van der Waals surface area contributed by atoms with E-state index in [2.05, 4.69) is 23.5 Å². The van der Waals surface area contributed by atoms with Gasteiger partial charge in [-0.3, -0.25) is 4.79 Å². The highest BCUT2D eigenvalue weighted by Crippen LogP contribution is 2.60. The molecule has 1 saturated heterocycles. The monoisotopic (exact) mass is 565 g/mol. The Balaban J connectivity index is 1.35. The number of amides is 2. The van der Waals surface area contributed by atoms with Crippen molar-refractivity contribution in [3.05, 3.63) is 58.6 Å². The van der Waals surface area contributed by atoms with Crippen molar-refractivity contribution in [2.45, 2.75) is 78.9 Å². The number of likely N-dealkylation sites (tertiary alicyclic amines) is 1. The number of rotatable bonds is 5. The highest BCUT2D eigenvalue weighted by Gasteiger charge is 2.66. The number of carbonyl (C=O) groups is 2. The second-order valence-electron chi connectivity index (χ2n) is 13.2. The molecule has 2 aliphatic rings. The topological polar surface area (TPSA) is 91.7 Å². The molecule has 2 fully saturated rings. The third-order valence-corrected chi connectivity index (χ3v) is 8.53. The van der Waals surface area contributed by atoms with Crippen LogP contribution in [-0.2, 0) is 9.53 Å². The van der Waals surface area contributed by atoms with Gasteiger partial charge in [-0.2, -0.15) is 5.26 Å². The van der Waals surface area contributed by atoms with Crippen LogP contribution in [0.4, 0.5) is 10.5 Å². The number of nitrogens with zero attached hydrogens (tertiary/aromatic N) is 2. The van der Waals surface area contributed by atoms with Gasteiger partial charge in [-0.1, -0.05) is 51.4 Å². The van der Waals surface area contributed by atoms with E-state index in [1.54, 1.807) is 23.1 Å². The van der Waals surface area contributed by atoms with Crippen molar-refractivity contribution in [2.75, 3.05) is 18.4 Å². The van der Waals surface area contributed by atoms with Gasteiger partial charge in [0.2, 0.25) is 5.91 Å². The first kappa shape index (κ1) is 29.7. The van der Waals surface area contributed by atoms with Gasteiger partial charge in [0, 0.05) is 35.7 Å². The van der Waals surface area contributed by atoms with Crippen LogP contribution < -0.4 is 10.1 Å². The summed E-state index contributed by atoms with van der Waals surface area (Å²) in [6.45, 7) is 15.2. The second kappa shape index (κ2) is 11.0. The SMILES string of the molecule is CC(C)(C)OC(=O)N1CCC(c2ccc(NC(=O)C3C(C)(C)C(Oc4ccc(C#N)c(Cl)c4)C3(C)C)cc2)CC1. The predicted molar refractivity (Wildman–Crippen MR) is 156 cm³/mol. The van der Waals surface area contributed by atoms with Crippen LogP contribution in [0, 0.1) is 28.1 Å². The minimum absolute atomic E-state index is 0.0360. The molecule has 0 bridgehead atoms. The van der Waals surface area contributed by atoms with Gasteiger partial charge in [0.25, 0.3) is 0 Å². The van der Waals surface area contributed by atoms with Crippen LogP contribution in [0.5, 0.6) is 5.75 Å². The Morgan fingerprint density at radius 1 is 1.02 bits per heavy atom. The lowest BCUT2D eigenvalue weighted by Crippen LogP contribution is -2.69. The van der Waals surface area contributed by atoms with E-state index in [1.807, 2.05) is 60.6 Å². The number of hydrogen-bond donors (Lipinski definition) is 1. The molecule has 8 heteroatoms. The molecular weight excluding hydrogens is 526 g/mol. The van der Waals surface area contributed by atoms with Crippen LogP contribution in [0.2, 0.25) is 5.02 Å². The summed E-state index contributed by atoms with van der Waals surface area (Å²) in [4.78, 5) is 27.6. The number of piperidine rings is 1. The maximum Gasteiger partial charge on any atom is 0.410 e.